The number of carbonyl (C=O) groups is 5. The molecular formula is C53H85NO14. The molecule has 3 heterocycles. The summed E-state index contributed by atoms with van der Waals surface area (Å²) in [4.78, 5) is 72.2. The van der Waals surface area contributed by atoms with Crippen LogP contribution in [0.25, 0.3) is 0 Å². The first-order chi connectivity index (χ1) is 32.3. The lowest BCUT2D eigenvalue weighted by Crippen LogP contribution is -2.61. The van der Waals surface area contributed by atoms with Crippen molar-refractivity contribution in [3.63, 3.8) is 0 Å². The number of Topliss-reactive ketones (excluding diaryl/α,β-unsaturated/α-hetero) is 3. The van der Waals surface area contributed by atoms with Crippen LogP contribution in [0.3, 0.4) is 0 Å². The lowest BCUT2D eigenvalue weighted by atomic mass is 9.78. The van der Waals surface area contributed by atoms with E-state index in [1.807, 2.05) is 58.1 Å². The van der Waals surface area contributed by atoms with Gasteiger partial charge in [-0.1, -0.05) is 71.9 Å². The Morgan fingerprint density at radius 3 is 2.25 bits per heavy atom. The minimum absolute atomic E-state index is 0.0304. The number of hydrogen-bond donors (Lipinski definition) is 3. The molecule has 0 aromatic heterocycles. The molecule has 16 atom stereocenters. The predicted octanol–water partition coefficient (Wildman–Crippen LogP) is 6.28. The van der Waals surface area contributed by atoms with Gasteiger partial charge in [0.25, 0.3) is 11.7 Å². The number of ether oxygens (including phenoxy) is 6. The van der Waals surface area contributed by atoms with E-state index in [0.29, 0.717) is 57.8 Å². The van der Waals surface area contributed by atoms with Crippen molar-refractivity contribution in [1.29, 1.82) is 0 Å². The van der Waals surface area contributed by atoms with Crippen LogP contribution >= 0.6 is 0 Å². The van der Waals surface area contributed by atoms with Gasteiger partial charge in [-0.3, -0.25) is 19.2 Å². The number of fused-ring (bicyclic) bond motifs is 3. The van der Waals surface area contributed by atoms with Crippen LogP contribution in [0.2, 0.25) is 0 Å². The van der Waals surface area contributed by atoms with Crippen molar-refractivity contribution in [1.82, 2.24) is 4.90 Å². The Hall–Kier alpha value is -3.15. The molecule has 386 valence electrons. The number of methoxy groups -OCH3 is 3. The minimum Gasteiger partial charge on any atom is -0.460 e. The molecule has 1 aliphatic carbocycles. The Labute approximate surface area is 405 Å². The van der Waals surface area contributed by atoms with Crippen LogP contribution in [0, 0.1) is 41.4 Å². The van der Waals surface area contributed by atoms with Gasteiger partial charge in [-0.25, -0.2) is 4.79 Å². The van der Waals surface area contributed by atoms with Crippen molar-refractivity contribution in [2.24, 2.45) is 41.4 Å². The Kier molecular flexibility index (Phi) is 23.2. The molecule has 2 bridgehead atoms. The predicted molar refractivity (Wildman–Crippen MR) is 256 cm³/mol. The van der Waals surface area contributed by atoms with Crippen molar-refractivity contribution in [2.75, 3.05) is 41.1 Å². The van der Waals surface area contributed by atoms with Crippen LogP contribution in [0.4, 0.5) is 0 Å². The van der Waals surface area contributed by atoms with E-state index in [-0.39, 0.29) is 80.5 Å². The summed E-state index contributed by atoms with van der Waals surface area (Å²) in [5, 5.41) is 32.9. The van der Waals surface area contributed by atoms with Crippen LogP contribution < -0.4 is 0 Å². The second kappa shape index (κ2) is 27.5. The van der Waals surface area contributed by atoms with E-state index < -0.39 is 83.7 Å². The van der Waals surface area contributed by atoms with E-state index in [1.165, 1.54) is 12.0 Å². The molecule has 0 radical (unpaired) electrons. The zero-order valence-corrected chi connectivity index (χ0v) is 42.6. The van der Waals surface area contributed by atoms with Gasteiger partial charge in [-0.15, -0.1) is 0 Å². The fraction of sp³-hybridized carbons (Fsp3) is 0.792. The summed E-state index contributed by atoms with van der Waals surface area (Å²) in [6.45, 7) is 13.2. The highest BCUT2D eigenvalue weighted by molar-refractivity contribution is 6.39. The van der Waals surface area contributed by atoms with E-state index in [1.54, 1.807) is 35.0 Å². The smallest absolute Gasteiger partial charge is 0.329 e. The zero-order chi connectivity index (χ0) is 50.3. The fourth-order valence-electron chi connectivity index (χ4n) is 10.8. The van der Waals surface area contributed by atoms with E-state index in [4.69, 9.17) is 28.4 Å². The number of piperidine rings is 1. The summed E-state index contributed by atoms with van der Waals surface area (Å²) in [7, 11) is 4.62. The number of nitrogens with zero attached hydrogens (tertiary/aromatic N) is 1. The molecule has 2 saturated heterocycles. The van der Waals surface area contributed by atoms with Crippen molar-refractivity contribution in [3.8, 4) is 0 Å². The van der Waals surface area contributed by atoms with Gasteiger partial charge in [-0.05, 0) is 107 Å². The minimum atomic E-state index is -2.43. The van der Waals surface area contributed by atoms with Gasteiger partial charge in [0.15, 0.2) is 5.78 Å². The zero-order valence-electron chi connectivity index (χ0n) is 42.6. The summed E-state index contributed by atoms with van der Waals surface area (Å²) >= 11 is 0. The first-order valence-corrected chi connectivity index (χ1v) is 25.3. The van der Waals surface area contributed by atoms with Gasteiger partial charge in [0.1, 0.15) is 24.0 Å². The molecule has 4 rings (SSSR count). The molecule has 4 aliphatic rings. The van der Waals surface area contributed by atoms with Crippen LogP contribution in [0.1, 0.15) is 132 Å². The standard InChI is InChI=1S/C53H85NO14/c1-32-16-12-11-13-17-33(2)44(63-8)30-40-21-19-38(7)53(62,68-40)50(59)51(60)54-23-15-14-18-41(54)52(61)67-45(35(4)28-39-20-22-43(66-25-24-55)46(29-39)64-9)31-42(56)34(3)27-37(6)48(58)49(65-10)47(57)36(5)26-32/h11-13,16-17,32,34-41,43-46,48-49,55,58,62H,14-15,18-31H2,1-10H3/b13-11+,16-12+,33-17+/t32-,34-,35-,36-,37?,38-,39+,40+,41?,43-,44+,45+,46-,48-,49+,53-/m1/s1. The van der Waals surface area contributed by atoms with Crippen molar-refractivity contribution >= 4 is 29.2 Å². The largest absolute Gasteiger partial charge is 0.460 e. The Morgan fingerprint density at radius 1 is 0.838 bits per heavy atom. The molecule has 1 saturated carbocycles. The molecule has 3 aliphatic heterocycles. The highest BCUT2D eigenvalue weighted by atomic mass is 16.6. The third kappa shape index (κ3) is 15.4. The molecule has 3 fully saturated rings. The first-order valence-electron chi connectivity index (χ1n) is 25.3. The van der Waals surface area contributed by atoms with Crippen LogP contribution in [0.5, 0.6) is 0 Å². The van der Waals surface area contributed by atoms with Gasteiger partial charge in [0.05, 0.1) is 43.7 Å². The summed E-state index contributed by atoms with van der Waals surface area (Å²) in [5.41, 5.74) is 0.883. The van der Waals surface area contributed by atoms with Crippen LogP contribution in [0.15, 0.2) is 36.0 Å². The molecule has 0 aromatic carbocycles. The number of aliphatic hydroxyl groups is 3. The topological polar surface area (TPSA) is 205 Å². The molecule has 3 N–H and O–H groups in total. The maximum Gasteiger partial charge on any atom is 0.329 e. The van der Waals surface area contributed by atoms with E-state index in [0.717, 1.165) is 12.0 Å². The number of allylic oxidation sites excluding steroid dienone is 5. The number of ketones is 3. The molecule has 15 nitrogen and oxygen atoms in total. The highest BCUT2D eigenvalue weighted by Crippen LogP contribution is 2.38. The lowest BCUT2D eigenvalue weighted by Gasteiger charge is -2.42. The number of cyclic esters (lactones) is 1. The monoisotopic (exact) mass is 960 g/mol. The second-order valence-electron chi connectivity index (χ2n) is 20.6. The van der Waals surface area contributed by atoms with Gasteiger partial charge in [0, 0.05) is 58.5 Å². The Bertz CT molecular complexity index is 1750. The molecule has 2 unspecified atom stereocenters. The molecule has 1 amide bonds. The van der Waals surface area contributed by atoms with Gasteiger partial charge in [0.2, 0.25) is 5.79 Å². The number of carbonyl (C=O) groups excluding carboxylic acids is 5. The molecular weight excluding hydrogens is 875 g/mol. The molecule has 15 heteroatoms. The summed E-state index contributed by atoms with van der Waals surface area (Å²) in [5.74, 6) is -8.07. The lowest BCUT2D eigenvalue weighted by molar-refractivity contribution is -0.265. The van der Waals surface area contributed by atoms with Crippen LogP contribution in [-0.2, 0) is 52.4 Å². The quantitative estimate of drug-likeness (QED) is 0.172. The fourth-order valence-corrected chi connectivity index (χ4v) is 10.8. The highest BCUT2D eigenvalue weighted by Gasteiger charge is 2.53. The number of amides is 1. The van der Waals surface area contributed by atoms with Crippen molar-refractivity contribution < 1.29 is 67.7 Å². The average Bonchev–Trinajstić information content (AvgIpc) is 3.32. The van der Waals surface area contributed by atoms with Crippen LogP contribution in [-0.4, -0.2) is 145 Å². The summed E-state index contributed by atoms with van der Waals surface area (Å²) < 4.78 is 35.6. The summed E-state index contributed by atoms with van der Waals surface area (Å²) in [6, 6.07) is -1.13. The maximum atomic E-state index is 14.5. The van der Waals surface area contributed by atoms with E-state index >= 15 is 0 Å². The SMILES string of the molecule is CO[C@H]1C[C@@H]2CC[C@@H](C)[C@@](O)(O2)C(=O)C(=O)N2CCCCC2C(=O)O[C@H]([C@H](C)C[C@@H]2CC[C@@H](OCCO)[C@H](OC)C2)CC(=O)[C@H](C)CC(C)[C@@H](O)[C@@H](OC)C(=O)[C@H](C)C[C@H](C)/C=C/C=C/C=C/1C. The molecule has 68 heavy (non-hydrogen) atoms. The van der Waals surface area contributed by atoms with Gasteiger partial charge < -0.3 is 48.6 Å². The Balaban J connectivity index is 1.67. The van der Waals surface area contributed by atoms with Gasteiger partial charge >= 0.3 is 5.97 Å². The number of hydrogen-bond acceptors (Lipinski definition) is 14. The summed E-state index contributed by atoms with van der Waals surface area (Å²) in [6.07, 6.45) is 11.1. The molecule has 0 spiro atoms. The second-order valence-corrected chi connectivity index (χ2v) is 20.6. The first kappa shape index (κ1) is 57.4. The molecule has 0 aromatic rings. The third-order valence-electron chi connectivity index (χ3n) is 15.3. The van der Waals surface area contributed by atoms with E-state index in [9.17, 15) is 39.3 Å². The normalized spacial score (nSPS) is 39.6. The van der Waals surface area contributed by atoms with Gasteiger partial charge in [-0.2, -0.15) is 0 Å². The Morgan fingerprint density at radius 2 is 1.57 bits per heavy atom. The van der Waals surface area contributed by atoms with Crippen molar-refractivity contribution in [2.45, 2.75) is 186 Å². The third-order valence-corrected chi connectivity index (χ3v) is 15.3. The van der Waals surface area contributed by atoms with E-state index in [2.05, 4.69) is 0 Å². The number of rotatable bonds is 9. The average molecular weight is 960 g/mol. The maximum absolute atomic E-state index is 14.5. The number of esters is 1. The van der Waals surface area contributed by atoms with Crippen molar-refractivity contribution in [3.05, 3.63) is 36.0 Å². The number of aliphatic hydroxyl groups excluding tert-OH is 2.